The molecule has 1 amide bonds. The van der Waals surface area contributed by atoms with Gasteiger partial charge in [-0.2, -0.15) is 0 Å². The number of nitrogens with one attached hydrogen (secondary N) is 1. The highest BCUT2D eigenvalue weighted by atomic mass is 79.9. The number of halogens is 2. The molecule has 2 aromatic rings. The lowest BCUT2D eigenvalue weighted by atomic mass is 10.1. The zero-order chi connectivity index (χ0) is 14.7. The number of amides is 1. The van der Waals surface area contributed by atoms with E-state index in [0.29, 0.717) is 4.47 Å². The summed E-state index contributed by atoms with van der Waals surface area (Å²) in [5.41, 5.74) is -0.837. The largest absolute Gasteiger partial charge is 0.306 e. The van der Waals surface area contributed by atoms with Gasteiger partial charge < -0.3 is 5.32 Å². The Hall–Kier alpha value is -2.35. The Bertz CT molecular complexity index is 693. The van der Waals surface area contributed by atoms with E-state index in [9.17, 15) is 19.3 Å². The monoisotopic (exact) mass is 339 g/mol. The fourth-order valence-electron chi connectivity index (χ4n) is 1.51. The van der Waals surface area contributed by atoms with Gasteiger partial charge in [-0.25, -0.2) is 9.37 Å². The van der Waals surface area contributed by atoms with Gasteiger partial charge in [0.25, 0.3) is 11.6 Å². The minimum Gasteiger partial charge on any atom is -0.306 e. The minimum atomic E-state index is -0.804. The number of nitro benzene ring substituents is 1. The molecule has 8 heteroatoms. The molecule has 0 aliphatic heterocycles. The number of hydrogen-bond acceptors (Lipinski definition) is 4. The van der Waals surface area contributed by atoms with Gasteiger partial charge >= 0.3 is 0 Å². The third-order valence-electron chi connectivity index (χ3n) is 2.36. The normalized spacial score (nSPS) is 10.1. The van der Waals surface area contributed by atoms with Gasteiger partial charge in [0.1, 0.15) is 17.2 Å². The van der Waals surface area contributed by atoms with Crippen LogP contribution in [0.4, 0.5) is 15.9 Å². The van der Waals surface area contributed by atoms with Gasteiger partial charge in [-0.15, -0.1) is 0 Å². The molecular weight excluding hydrogens is 333 g/mol. The van der Waals surface area contributed by atoms with Crippen LogP contribution in [0, 0.1) is 15.9 Å². The number of carbonyl (C=O) groups excluding carboxylic acids is 1. The van der Waals surface area contributed by atoms with Gasteiger partial charge in [-0.3, -0.25) is 14.9 Å². The summed E-state index contributed by atoms with van der Waals surface area (Å²) in [4.78, 5) is 25.9. The lowest BCUT2D eigenvalue weighted by molar-refractivity contribution is -0.385. The predicted molar refractivity (Wildman–Crippen MR) is 72.9 cm³/mol. The highest BCUT2D eigenvalue weighted by Gasteiger charge is 2.21. The third kappa shape index (κ3) is 3.15. The highest BCUT2D eigenvalue weighted by Crippen LogP contribution is 2.21. The first-order chi connectivity index (χ1) is 9.47. The van der Waals surface area contributed by atoms with Crippen molar-refractivity contribution < 1.29 is 14.1 Å². The van der Waals surface area contributed by atoms with Gasteiger partial charge in [0.05, 0.1) is 4.92 Å². The van der Waals surface area contributed by atoms with Crippen molar-refractivity contribution in [3.63, 3.8) is 0 Å². The maximum Gasteiger partial charge on any atom is 0.282 e. The summed E-state index contributed by atoms with van der Waals surface area (Å²) in [7, 11) is 0. The Labute approximate surface area is 120 Å². The van der Waals surface area contributed by atoms with E-state index in [1.165, 1.54) is 12.3 Å². The second kappa shape index (κ2) is 5.74. The molecule has 0 saturated carbocycles. The smallest absolute Gasteiger partial charge is 0.282 e. The molecule has 0 unspecified atom stereocenters. The summed E-state index contributed by atoms with van der Waals surface area (Å²) < 4.78 is 13.8. The van der Waals surface area contributed by atoms with Crippen LogP contribution in [0.25, 0.3) is 0 Å². The molecular formula is C12H7BrFN3O3. The van der Waals surface area contributed by atoms with Crippen LogP contribution >= 0.6 is 15.9 Å². The first kappa shape index (κ1) is 14.1. The first-order valence-electron chi connectivity index (χ1n) is 5.34. The zero-order valence-corrected chi connectivity index (χ0v) is 11.4. The van der Waals surface area contributed by atoms with Crippen molar-refractivity contribution >= 4 is 33.3 Å². The molecule has 0 fully saturated rings. The van der Waals surface area contributed by atoms with Crippen molar-refractivity contribution in [2.75, 3.05) is 5.32 Å². The summed E-state index contributed by atoms with van der Waals surface area (Å²) in [6.07, 6.45) is 1.44. The van der Waals surface area contributed by atoms with Crippen LogP contribution in [0.15, 0.2) is 41.0 Å². The lowest BCUT2D eigenvalue weighted by Gasteiger charge is -2.05. The van der Waals surface area contributed by atoms with Gasteiger partial charge in [-0.1, -0.05) is 15.9 Å². The Morgan fingerprint density at radius 1 is 1.35 bits per heavy atom. The number of nitrogens with zero attached hydrogens (tertiary/aromatic N) is 2. The lowest BCUT2D eigenvalue weighted by Crippen LogP contribution is -2.15. The van der Waals surface area contributed by atoms with Crippen LogP contribution in [0.5, 0.6) is 0 Å². The number of nitro groups is 1. The number of anilines is 1. The van der Waals surface area contributed by atoms with E-state index < -0.39 is 22.3 Å². The van der Waals surface area contributed by atoms with E-state index in [4.69, 9.17) is 0 Å². The van der Waals surface area contributed by atoms with Crippen molar-refractivity contribution in [1.29, 1.82) is 0 Å². The first-order valence-corrected chi connectivity index (χ1v) is 6.13. The van der Waals surface area contributed by atoms with Crippen LogP contribution < -0.4 is 5.32 Å². The highest BCUT2D eigenvalue weighted by molar-refractivity contribution is 9.10. The zero-order valence-electron chi connectivity index (χ0n) is 9.84. The quantitative estimate of drug-likeness (QED) is 0.687. The van der Waals surface area contributed by atoms with E-state index >= 15 is 0 Å². The predicted octanol–water partition coefficient (Wildman–Crippen LogP) is 3.14. The molecule has 2 rings (SSSR count). The average Bonchev–Trinajstić information content (AvgIpc) is 2.38. The molecule has 1 aromatic carbocycles. The molecule has 1 N–H and O–H groups in total. The Morgan fingerprint density at radius 3 is 2.75 bits per heavy atom. The molecule has 0 saturated heterocycles. The van der Waals surface area contributed by atoms with Crippen LogP contribution in [0.2, 0.25) is 0 Å². The Morgan fingerprint density at radius 2 is 2.10 bits per heavy atom. The van der Waals surface area contributed by atoms with Crippen molar-refractivity contribution in [2.24, 2.45) is 0 Å². The summed E-state index contributed by atoms with van der Waals surface area (Å²) in [6, 6.07) is 5.85. The molecule has 0 aliphatic rings. The molecule has 0 radical (unpaired) electrons. The van der Waals surface area contributed by atoms with Gasteiger partial charge in [-0.05, 0) is 24.3 Å². The summed E-state index contributed by atoms with van der Waals surface area (Å²) >= 11 is 3.20. The maximum atomic E-state index is 13.1. The number of carbonyl (C=O) groups is 1. The second-order valence-electron chi connectivity index (χ2n) is 3.73. The molecule has 1 aromatic heterocycles. The second-order valence-corrected chi connectivity index (χ2v) is 4.65. The van der Waals surface area contributed by atoms with E-state index in [1.807, 2.05) is 0 Å². The molecule has 0 bridgehead atoms. The maximum absolute atomic E-state index is 13.1. The molecule has 1 heterocycles. The van der Waals surface area contributed by atoms with E-state index in [-0.39, 0.29) is 11.4 Å². The summed E-state index contributed by atoms with van der Waals surface area (Å²) in [6.45, 7) is 0. The Balaban J connectivity index is 2.34. The van der Waals surface area contributed by atoms with Gasteiger partial charge in [0, 0.05) is 16.7 Å². The van der Waals surface area contributed by atoms with Gasteiger partial charge in [0.15, 0.2) is 0 Å². The van der Waals surface area contributed by atoms with Crippen LogP contribution in [0.3, 0.4) is 0 Å². The minimum absolute atomic E-state index is 0.197. The molecule has 0 spiro atoms. The van der Waals surface area contributed by atoms with Crippen molar-refractivity contribution in [3.8, 4) is 0 Å². The summed E-state index contributed by atoms with van der Waals surface area (Å²) in [5.74, 6) is -1.34. The van der Waals surface area contributed by atoms with E-state index in [1.54, 1.807) is 6.07 Å². The molecule has 6 nitrogen and oxygen atoms in total. The fourth-order valence-corrected chi connectivity index (χ4v) is 1.84. The van der Waals surface area contributed by atoms with E-state index in [2.05, 4.69) is 26.2 Å². The van der Waals surface area contributed by atoms with Crippen molar-refractivity contribution in [2.45, 2.75) is 0 Å². The number of pyridine rings is 1. The fraction of sp³-hybridized carbons (Fsp3) is 0. The Kier molecular flexibility index (Phi) is 4.04. The topological polar surface area (TPSA) is 85.1 Å². The number of hydrogen-bond donors (Lipinski definition) is 1. The van der Waals surface area contributed by atoms with E-state index in [0.717, 1.165) is 18.2 Å². The molecule has 0 atom stereocenters. The van der Waals surface area contributed by atoms with Crippen LogP contribution in [-0.2, 0) is 0 Å². The molecule has 102 valence electrons. The average molecular weight is 340 g/mol. The van der Waals surface area contributed by atoms with Crippen LogP contribution in [0.1, 0.15) is 10.4 Å². The van der Waals surface area contributed by atoms with Gasteiger partial charge in [0.2, 0.25) is 0 Å². The third-order valence-corrected chi connectivity index (χ3v) is 2.86. The van der Waals surface area contributed by atoms with Crippen molar-refractivity contribution in [1.82, 2.24) is 4.98 Å². The SMILES string of the molecule is O=C(Nc1cc(Br)ccn1)c1cc(F)ccc1[N+](=O)[O-]. The standard InChI is InChI=1S/C12H7BrFN3O3/c13-7-3-4-15-11(5-7)16-12(18)9-6-8(14)1-2-10(9)17(19)20/h1-6H,(H,15,16,18). The molecule has 20 heavy (non-hydrogen) atoms. The van der Waals surface area contributed by atoms with Crippen molar-refractivity contribution in [3.05, 3.63) is 62.5 Å². The number of aromatic nitrogens is 1. The number of rotatable bonds is 3. The summed E-state index contributed by atoms with van der Waals surface area (Å²) in [5, 5.41) is 13.2. The van der Waals surface area contributed by atoms with Crippen LogP contribution in [-0.4, -0.2) is 15.8 Å². The molecule has 0 aliphatic carbocycles. The number of benzene rings is 1.